The van der Waals surface area contributed by atoms with Gasteiger partial charge in [0, 0.05) is 37.9 Å². The summed E-state index contributed by atoms with van der Waals surface area (Å²) in [6.45, 7) is 1.94. The first-order valence-electron chi connectivity index (χ1n) is 6.36. The molecule has 2 rings (SSSR count). The van der Waals surface area contributed by atoms with Crippen LogP contribution in [0, 0.1) is 0 Å². The molecule has 1 aromatic rings. The maximum absolute atomic E-state index is 11.6. The number of rotatable bonds is 4. The predicted octanol–water partition coefficient (Wildman–Crippen LogP) is 1.57. The summed E-state index contributed by atoms with van der Waals surface area (Å²) in [6.07, 6.45) is 1.46. The second-order valence-electron chi connectivity index (χ2n) is 5.03. The van der Waals surface area contributed by atoms with Gasteiger partial charge >= 0.3 is 0 Å². The molecule has 1 aliphatic rings. The first-order valence-corrected chi connectivity index (χ1v) is 6.36. The van der Waals surface area contributed by atoms with Crippen molar-refractivity contribution in [2.75, 3.05) is 44.4 Å². The smallest absolute Gasteiger partial charge is 0.227 e. The Labute approximate surface area is 109 Å². The van der Waals surface area contributed by atoms with Gasteiger partial charge in [0.15, 0.2) is 0 Å². The van der Waals surface area contributed by atoms with Crippen molar-refractivity contribution in [3.63, 3.8) is 0 Å². The van der Waals surface area contributed by atoms with E-state index in [9.17, 15) is 4.79 Å². The van der Waals surface area contributed by atoms with Crippen LogP contribution in [0.4, 0.5) is 11.4 Å². The van der Waals surface area contributed by atoms with E-state index in [2.05, 4.69) is 30.4 Å². The summed E-state index contributed by atoms with van der Waals surface area (Å²) in [6, 6.07) is 6.24. The highest BCUT2D eigenvalue weighted by atomic mass is 16.2. The molecule has 1 aromatic carbocycles. The van der Waals surface area contributed by atoms with Gasteiger partial charge in [-0.05, 0) is 44.3 Å². The predicted molar refractivity (Wildman–Crippen MR) is 75.2 cm³/mol. The average molecular weight is 247 g/mol. The van der Waals surface area contributed by atoms with E-state index in [0.717, 1.165) is 30.9 Å². The highest BCUT2D eigenvalue weighted by molar-refractivity contribution is 5.96. The monoisotopic (exact) mass is 247 g/mol. The van der Waals surface area contributed by atoms with Crippen molar-refractivity contribution in [2.24, 2.45) is 0 Å². The number of amides is 1. The van der Waals surface area contributed by atoms with Crippen molar-refractivity contribution in [2.45, 2.75) is 12.8 Å². The number of hydrogen-bond acceptors (Lipinski definition) is 3. The van der Waals surface area contributed by atoms with E-state index in [4.69, 9.17) is 0 Å². The lowest BCUT2D eigenvalue weighted by Gasteiger charge is -2.26. The Morgan fingerprint density at radius 1 is 1.33 bits per heavy atom. The van der Waals surface area contributed by atoms with Crippen molar-refractivity contribution in [1.29, 1.82) is 0 Å². The molecule has 0 fully saturated rings. The Morgan fingerprint density at radius 2 is 2.11 bits per heavy atom. The molecular formula is C14H21N3O. The Balaban J connectivity index is 2.06. The third-order valence-electron chi connectivity index (χ3n) is 3.31. The van der Waals surface area contributed by atoms with Gasteiger partial charge in [-0.1, -0.05) is 0 Å². The zero-order valence-electron chi connectivity index (χ0n) is 11.4. The molecular weight excluding hydrogens is 226 g/mol. The molecule has 1 aliphatic heterocycles. The molecule has 1 heterocycles. The lowest BCUT2D eigenvalue weighted by molar-refractivity contribution is -0.118. The molecule has 4 heteroatoms. The summed E-state index contributed by atoms with van der Waals surface area (Å²) in [7, 11) is 5.98. The number of nitrogens with one attached hydrogen (secondary N) is 1. The molecule has 0 bridgehead atoms. The zero-order chi connectivity index (χ0) is 13.1. The molecule has 0 saturated carbocycles. The maximum atomic E-state index is 11.6. The van der Waals surface area contributed by atoms with Crippen molar-refractivity contribution in [3.8, 4) is 0 Å². The Kier molecular flexibility index (Phi) is 3.87. The molecule has 4 nitrogen and oxygen atoms in total. The van der Waals surface area contributed by atoms with Crippen molar-refractivity contribution < 1.29 is 4.79 Å². The first kappa shape index (κ1) is 12.9. The molecule has 0 unspecified atom stereocenters. The summed E-state index contributed by atoms with van der Waals surface area (Å²) in [4.78, 5) is 15.5. The van der Waals surface area contributed by atoms with Gasteiger partial charge in [-0.2, -0.15) is 0 Å². The normalized spacial score (nSPS) is 14.9. The highest BCUT2D eigenvalue weighted by Crippen LogP contribution is 2.29. The highest BCUT2D eigenvalue weighted by Gasteiger charge is 2.20. The largest absolute Gasteiger partial charge is 0.384 e. The number of carbonyl (C=O) groups excluding carboxylic acids is 1. The van der Waals surface area contributed by atoms with Crippen LogP contribution in [0.5, 0.6) is 0 Å². The maximum Gasteiger partial charge on any atom is 0.227 e. The summed E-state index contributed by atoms with van der Waals surface area (Å²) < 4.78 is 0. The minimum Gasteiger partial charge on any atom is -0.384 e. The van der Waals surface area contributed by atoms with Crippen LogP contribution in [0.2, 0.25) is 0 Å². The molecule has 0 aliphatic carbocycles. The molecule has 18 heavy (non-hydrogen) atoms. The van der Waals surface area contributed by atoms with E-state index in [1.165, 1.54) is 5.56 Å². The Hall–Kier alpha value is -1.55. The number of anilines is 2. The fourth-order valence-corrected chi connectivity index (χ4v) is 2.19. The third-order valence-corrected chi connectivity index (χ3v) is 3.31. The van der Waals surface area contributed by atoms with E-state index in [1.54, 1.807) is 4.90 Å². The molecule has 0 spiro atoms. The van der Waals surface area contributed by atoms with Crippen LogP contribution in [0.25, 0.3) is 0 Å². The number of carbonyl (C=O) groups is 1. The van der Waals surface area contributed by atoms with Gasteiger partial charge in [-0.15, -0.1) is 0 Å². The fraction of sp³-hybridized carbons (Fsp3) is 0.500. The standard InChI is InChI=1S/C14H21N3O/c1-16(2)9-8-15-12-5-6-13-11(10-12)4-7-14(18)17(13)3/h5-6,10,15H,4,7-9H2,1-3H3. The van der Waals surface area contributed by atoms with Gasteiger partial charge in [-0.3, -0.25) is 4.79 Å². The van der Waals surface area contributed by atoms with Gasteiger partial charge in [0.05, 0.1) is 0 Å². The topological polar surface area (TPSA) is 35.6 Å². The second-order valence-corrected chi connectivity index (χ2v) is 5.03. The van der Waals surface area contributed by atoms with Crippen LogP contribution in [-0.4, -0.2) is 45.0 Å². The molecule has 1 N–H and O–H groups in total. The number of likely N-dealkylation sites (N-methyl/N-ethyl adjacent to an activating group) is 1. The van der Waals surface area contributed by atoms with E-state index in [-0.39, 0.29) is 5.91 Å². The lowest BCUT2D eigenvalue weighted by atomic mass is 10.0. The minimum absolute atomic E-state index is 0.204. The van der Waals surface area contributed by atoms with Crippen LogP contribution >= 0.6 is 0 Å². The van der Waals surface area contributed by atoms with Crippen molar-refractivity contribution in [3.05, 3.63) is 23.8 Å². The average Bonchev–Trinajstić information content (AvgIpc) is 2.33. The molecule has 0 atom stereocenters. The molecule has 1 amide bonds. The SMILES string of the molecule is CN(C)CCNc1ccc2c(c1)CCC(=O)N2C. The summed E-state index contributed by atoms with van der Waals surface area (Å²) in [5.74, 6) is 0.204. The lowest BCUT2D eigenvalue weighted by Crippen LogP contribution is -2.31. The van der Waals surface area contributed by atoms with Gasteiger partial charge < -0.3 is 15.1 Å². The molecule has 0 saturated heterocycles. The van der Waals surface area contributed by atoms with Crippen LogP contribution in [-0.2, 0) is 11.2 Å². The quantitative estimate of drug-likeness (QED) is 0.877. The van der Waals surface area contributed by atoms with E-state index < -0.39 is 0 Å². The van der Waals surface area contributed by atoms with E-state index in [0.29, 0.717) is 6.42 Å². The van der Waals surface area contributed by atoms with Gasteiger partial charge in [0.2, 0.25) is 5.91 Å². The second kappa shape index (κ2) is 5.40. The molecule has 0 radical (unpaired) electrons. The third kappa shape index (κ3) is 2.82. The number of fused-ring (bicyclic) bond motifs is 1. The number of aryl methyl sites for hydroxylation is 1. The molecule has 0 aromatic heterocycles. The summed E-state index contributed by atoms with van der Waals surface area (Å²) >= 11 is 0. The van der Waals surface area contributed by atoms with E-state index >= 15 is 0 Å². The fourth-order valence-electron chi connectivity index (χ4n) is 2.19. The first-order chi connectivity index (χ1) is 8.58. The van der Waals surface area contributed by atoms with Crippen LogP contribution in [0.1, 0.15) is 12.0 Å². The minimum atomic E-state index is 0.204. The summed E-state index contributed by atoms with van der Waals surface area (Å²) in [5, 5.41) is 3.41. The van der Waals surface area contributed by atoms with Gasteiger partial charge in [0.1, 0.15) is 0 Å². The number of benzene rings is 1. The zero-order valence-corrected chi connectivity index (χ0v) is 11.4. The van der Waals surface area contributed by atoms with Crippen molar-refractivity contribution >= 4 is 17.3 Å². The van der Waals surface area contributed by atoms with Crippen LogP contribution in [0.3, 0.4) is 0 Å². The van der Waals surface area contributed by atoms with Gasteiger partial charge in [0.25, 0.3) is 0 Å². The van der Waals surface area contributed by atoms with Crippen LogP contribution in [0.15, 0.2) is 18.2 Å². The van der Waals surface area contributed by atoms with Gasteiger partial charge in [-0.25, -0.2) is 0 Å². The van der Waals surface area contributed by atoms with Crippen LogP contribution < -0.4 is 10.2 Å². The molecule has 98 valence electrons. The number of nitrogens with zero attached hydrogens (tertiary/aromatic N) is 2. The summed E-state index contributed by atoms with van der Waals surface area (Å²) in [5.41, 5.74) is 3.44. The van der Waals surface area contributed by atoms with E-state index in [1.807, 2.05) is 19.2 Å². The Bertz CT molecular complexity index is 443. The number of hydrogen-bond donors (Lipinski definition) is 1. The van der Waals surface area contributed by atoms with Crippen molar-refractivity contribution in [1.82, 2.24) is 4.90 Å². The Morgan fingerprint density at radius 3 is 2.83 bits per heavy atom.